The lowest BCUT2D eigenvalue weighted by Crippen LogP contribution is -2.30. The summed E-state index contributed by atoms with van der Waals surface area (Å²) in [6.45, 7) is 4.53. The highest BCUT2D eigenvalue weighted by Gasteiger charge is 2.13. The van der Waals surface area contributed by atoms with E-state index < -0.39 is 5.63 Å². The Hall–Kier alpha value is -2.63. The van der Waals surface area contributed by atoms with Crippen molar-refractivity contribution in [2.75, 3.05) is 18.9 Å². The van der Waals surface area contributed by atoms with Crippen molar-refractivity contribution < 1.29 is 9.21 Å². The molecular weight excluding hydrogens is 376 g/mol. The number of nitrogens with one attached hydrogen (secondary N) is 1. The number of benzene rings is 2. The molecule has 0 bridgehead atoms. The average Bonchev–Trinajstić information content (AvgIpc) is 2.63. The predicted molar refractivity (Wildman–Crippen MR) is 113 cm³/mol. The predicted octanol–water partition coefficient (Wildman–Crippen LogP) is 4.39. The van der Waals surface area contributed by atoms with Crippen molar-refractivity contribution in [3.63, 3.8) is 0 Å². The second-order valence-electron chi connectivity index (χ2n) is 6.92. The van der Waals surface area contributed by atoms with Gasteiger partial charge in [-0.2, -0.15) is 0 Å². The molecule has 6 heteroatoms. The lowest BCUT2D eigenvalue weighted by Gasteiger charge is -2.18. The van der Waals surface area contributed by atoms with Crippen LogP contribution in [0.15, 0.2) is 51.7 Å². The van der Waals surface area contributed by atoms with Crippen LogP contribution < -0.4 is 10.9 Å². The molecule has 0 radical (unpaired) electrons. The summed E-state index contributed by atoms with van der Waals surface area (Å²) in [6, 6.07) is 12.8. The number of para-hydroxylation sites is 1. The second-order valence-corrected chi connectivity index (χ2v) is 7.33. The number of nitrogens with zero attached hydrogens (tertiary/aromatic N) is 1. The smallest absolute Gasteiger partial charge is 0.336 e. The number of hydrogen-bond acceptors (Lipinski definition) is 4. The molecule has 2 aromatic carbocycles. The third kappa shape index (κ3) is 4.61. The summed E-state index contributed by atoms with van der Waals surface area (Å²) in [7, 11) is 1.83. The van der Waals surface area contributed by atoms with Gasteiger partial charge < -0.3 is 9.73 Å². The van der Waals surface area contributed by atoms with Crippen LogP contribution in [0.4, 0.5) is 5.69 Å². The first-order valence-electron chi connectivity index (χ1n) is 9.16. The number of carbonyl (C=O) groups excluding carboxylic acids is 1. The molecule has 0 aliphatic carbocycles. The first kappa shape index (κ1) is 20.1. The molecule has 0 aliphatic rings. The van der Waals surface area contributed by atoms with Crippen molar-refractivity contribution >= 4 is 34.2 Å². The fraction of sp³-hybridized carbons (Fsp3) is 0.273. The zero-order chi connectivity index (χ0) is 20.3. The number of aryl methyl sites for hydroxylation is 2. The Labute approximate surface area is 168 Å². The van der Waals surface area contributed by atoms with Crippen LogP contribution in [0.3, 0.4) is 0 Å². The van der Waals surface area contributed by atoms with Gasteiger partial charge in [0.1, 0.15) is 5.58 Å². The standard InChI is InChI=1S/C22H23ClN2O3/c1-4-15-7-5-6-8-19(15)24-21(26)13-25(3)12-16-10-22(27)28-20-9-14(2)18(23)11-17(16)20/h5-11H,4,12-13H2,1-3H3,(H,24,26). The molecule has 146 valence electrons. The van der Waals surface area contributed by atoms with Crippen LogP contribution in [-0.4, -0.2) is 24.4 Å². The van der Waals surface area contributed by atoms with Crippen molar-refractivity contribution in [2.24, 2.45) is 0 Å². The summed E-state index contributed by atoms with van der Waals surface area (Å²) < 4.78 is 5.29. The van der Waals surface area contributed by atoms with E-state index in [-0.39, 0.29) is 12.5 Å². The van der Waals surface area contributed by atoms with Crippen LogP contribution in [0.1, 0.15) is 23.6 Å². The summed E-state index contributed by atoms with van der Waals surface area (Å²) in [5.41, 5.74) is 3.62. The van der Waals surface area contributed by atoms with Gasteiger partial charge in [-0.3, -0.25) is 9.69 Å². The number of amides is 1. The van der Waals surface area contributed by atoms with Gasteiger partial charge in [-0.25, -0.2) is 4.79 Å². The van der Waals surface area contributed by atoms with Gasteiger partial charge in [0.25, 0.3) is 0 Å². The van der Waals surface area contributed by atoms with E-state index in [1.54, 1.807) is 12.1 Å². The third-order valence-corrected chi connectivity index (χ3v) is 5.04. The van der Waals surface area contributed by atoms with Crippen molar-refractivity contribution in [1.29, 1.82) is 0 Å². The van der Waals surface area contributed by atoms with Crippen molar-refractivity contribution in [3.05, 3.63) is 74.6 Å². The number of anilines is 1. The van der Waals surface area contributed by atoms with Crippen LogP contribution in [0.25, 0.3) is 11.0 Å². The highest BCUT2D eigenvalue weighted by molar-refractivity contribution is 6.32. The van der Waals surface area contributed by atoms with Crippen LogP contribution in [0.5, 0.6) is 0 Å². The van der Waals surface area contributed by atoms with Crippen molar-refractivity contribution in [3.8, 4) is 0 Å². The molecule has 0 aliphatic heterocycles. The lowest BCUT2D eigenvalue weighted by atomic mass is 10.1. The molecule has 0 saturated carbocycles. The van der Waals surface area contributed by atoms with E-state index in [9.17, 15) is 9.59 Å². The van der Waals surface area contributed by atoms with E-state index in [0.29, 0.717) is 17.2 Å². The Morgan fingerprint density at radius 3 is 2.68 bits per heavy atom. The molecule has 3 aromatic rings. The summed E-state index contributed by atoms with van der Waals surface area (Å²) in [4.78, 5) is 26.2. The van der Waals surface area contributed by atoms with E-state index in [2.05, 4.69) is 12.2 Å². The zero-order valence-electron chi connectivity index (χ0n) is 16.2. The van der Waals surface area contributed by atoms with Crippen molar-refractivity contribution in [1.82, 2.24) is 4.90 Å². The van der Waals surface area contributed by atoms with E-state index in [4.69, 9.17) is 16.0 Å². The number of hydrogen-bond donors (Lipinski definition) is 1. The summed E-state index contributed by atoms with van der Waals surface area (Å²) in [6.07, 6.45) is 0.845. The largest absolute Gasteiger partial charge is 0.423 e. The van der Waals surface area contributed by atoms with Crippen LogP contribution in [0.2, 0.25) is 5.02 Å². The molecule has 1 N–H and O–H groups in total. The Morgan fingerprint density at radius 1 is 1.18 bits per heavy atom. The summed E-state index contributed by atoms with van der Waals surface area (Å²) >= 11 is 6.24. The number of fused-ring (bicyclic) bond motifs is 1. The molecule has 0 saturated heterocycles. The molecule has 28 heavy (non-hydrogen) atoms. The molecule has 1 amide bonds. The van der Waals surface area contributed by atoms with Crippen LogP contribution >= 0.6 is 11.6 Å². The normalized spacial score (nSPS) is 11.2. The molecule has 0 spiro atoms. The molecular formula is C22H23ClN2O3. The monoisotopic (exact) mass is 398 g/mol. The van der Waals surface area contributed by atoms with Gasteiger partial charge >= 0.3 is 5.63 Å². The first-order chi connectivity index (χ1) is 13.4. The Balaban J connectivity index is 1.76. The minimum absolute atomic E-state index is 0.107. The van der Waals surface area contributed by atoms with E-state index in [0.717, 1.165) is 34.2 Å². The Bertz CT molecular complexity index is 1080. The van der Waals surface area contributed by atoms with Gasteiger partial charge in [-0.05, 0) is 55.3 Å². The third-order valence-electron chi connectivity index (χ3n) is 4.64. The quantitative estimate of drug-likeness (QED) is 0.625. The molecule has 1 aromatic heterocycles. The minimum atomic E-state index is -0.418. The average molecular weight is 399 g/mol. The number of likely N-dealkylation sites (N-methyl/N-ethyl adjacent to an activating group) is 1. The lowest BCUT2D eigenvalue weighted by molar-refractivity contribution is -0.117. The maximum atomic E-state index is 12.5. The summed E-state index contributed by atoms with van der Waals surface area (Å²) in [5.74, 6) is -0.107. The fourth-order valence-electron chi connectivity index (χ4n) is 3.21. The van der Waals surface area contributed by atoms with Gasteiger partial charge in [-0.15, -0.1) is 0 Å². The SMILES string of the molecule is CCc1ccccc1NC(=O)CN(C)Cc1cc(=O)oc2cc(C)c(Cl)cc12. The molecule has 3 rings (SSSR count). The van der Waals surface area contributed by atoms with E-state index in [1.807, 2.05) is 43.1 Å². The summed E-state index contributed by atoms with van der Waals surface area (Å²) in [5, 5.41) is 4.35. The fourth-order valence-corrected chi connectivity index (χ4v) is 3.37. The van der Waals surface area contributed by atoms with E-state index >= 15 is 0 Å². The highest BCUT2D eigenvalue weighted by atomic mass is 35.5. The van der Waals surface area contributed by atoms with Gasteiger partial charge in [-0.1, -0.05) is 36.7 Å². The minimum Gasteiger partial charge on any atom is -0.423 e. The molecule has 5 nitrogen and oxygen atoms in total. The molecule has 0 atom stereocenters. The van der Waals surface area contributed by atoms with Gasteiger partial charge in [0.2, 0.25) is 5.91 Å². The van der Waals surface area contributed by atoms with Gasteiger partial charge in [0, 0.05) is 28.7 Å². The zero-order valence-corrected chi connectivity index (χ0v) is 17.0. The Morgan fingerprint density at radius 2 is 1.93 bits per heavy atom. The van der Waals surface area contributed by atoms with Crippen LogP contribution in [0, 0.1) is 6.92 Å². The Kier molecular flexibility index (Phi) is 6.17. The van der Waals surface area contributed by atoms with Gasteiger partial charge in [0.05, 0.1) is 6.54 Å². The van der Waals surface area contributed by atoms with Crippen LogP contribution in [-0.2, 0) is 17.8 Å². The van der Waals surface area contributed by atoms with Gasteiger partial charge in [0.15, 0.2) is 0 Å². The van der Waals surface area contributed by atoms with E-state index in [1.165, 1.54) is 6.07 Å². The number of halogens is 1. The molecule has 0 unspecified atom stereocenters. The molecule has 0 fully saturated rings. The topological polar surface area (TPSA) is 62.6 Å². The highest BCUT2D eigenvalue weighted by Crippen LogP contribution is 2.25. The maximum Gasteiger partial charge on any atom is 0.336 e. The molecule has 1 heterocycles. The maximum absolute atomic E-state index is 12.5. The number of carbonyl (C=O) groups is 1. The second kappa shape index (κ2) is 8.59. The van der Waals surface area contributed by atoms with Crippen molar-refractivity contribution in [2.45, 2.75) is 26.8 Å². The first-order valence-corrected chi connectivity index (χ1v) is 9.54. The number of rotatable bonds is 6.